The number of likely N-dealkylation sites (tertiary alicyclic amines) is 1. The molecular weight excluding hydrogens is 394 g/mol. The summed E-state index contributed by atoms with van der Waals surface area (Å²) in [5.74, 6) is 0.787. The van der Waals surface area contributed by atoms with Crippen molar-refractivity contribution in [1.82, 2.24) is 9.80 Å². The van der Waals surface area contributed by atoms with Gasteiger partial charge in [0.05, 0.1) is 18.9 Å². The molecule has 2 aromatic carbocycles. The van der Waals surface area contributed by atoms with Crippen LogP contribution in [0.5, 0.6) is 5.75 Å². The molecule has 4 rings (SSSR count). The number of hydrogen-bond acceptors (Lipinski definition) is 5. The molecule has 7 nitrogen and oxygen atoms in total. The lowest BCUT2D eigenvalue weighted by Gasteiger charge is -2.39. The second kappa shape index (κ2) is 9.29. The van der Waals surface area contributed by atoms with Crippen LogP contribution in [0.3, 0.4) is 0 Å². The number of hydrogen-bond donors (Lipinski definition) is 1. The van der Waals surface area contributed by atoms with Crippen LogP contribution in [-0.4, -0.2) is 54.1 Å². The summed E-state index contributed by atoms with van der Waals surface area (Å²) in [5.41, 5.74) is 2.54. The third-order valence-electron chi connectivity index (χ3n) is 5.86. The summed E-state index contributed by atoms with van der Waals surface area (Å²) >= 11 is 0. The van der Waals surface area contributed by atoms with E-state index in [0.29, 0.717) is 39.1 Å². The number of para-hydroxylation sites is 2. The van der Waals surface area contributed by atoms with Crippen LogP contribution in [0.2, 0.25) is 0 Å². The van der Waals surface area contributed by atoms with E-state index in [2.05, 4.69) is 5.32 Å². The molecule has 1 N–H and O–H groups in total. The second-order valence-electron chi connectivity index (χ2n) is 7.69. The van der Waals surface area contributed by atoms with Crippen LogP contribution in [-0.2, 0) is 4.74 Å². The monoisotopic (exact) mass is 423 g/mol. The van der Waals surface area contributed by atoms with Crippen LogP contribution >= 0.6 is 0 Å². The fraction of sp³-hybridized carbons (Fsp3) is 0.417. The van der Waals surface area contributed by atoms with E-state index < -0.39 is 0 Å². The molecule has 2 aliphatic heterocycles. The first-order chi connectivity index (χ1) is 15.1. The molecule has 31 heavy (non-hydrogen) atoms. The zero-order valence-corrected chi connectivity index (χ0v) is 18.0. The summed E-state index contributed by atoms with van der Waals surface area (Å²) in [5, 5.41) is 3.56. The molecule has 2 aromatic rings. The van der Waals surface area contributed by atoms with Crippen molar-refractivity contribution in [3.05, 3.63) is 59.7 Å². The Morgan fingerprint density at radius 2 is 1.74 bits per heavy atom. The van der Waals surface area contributed by atoms with Crippen molar-refractivity contribution in [2.45, 2.75) is 38.9 Å². The van der Waals surface area contributed by atoms with Crippen LogP contribution in [0, 0.1) is 0 Å². The number of piperidine rings is 1. The van der Waals surface area contributed by atoms with Crippen molar-refractivity contribution in [1.29, 1.82) is 0 Å². The number of carbonyl (C=O) groups excluding carboxylic acids is 2. The van der Waals surface area contributed by atoms with E-state index in [1.807, 2.05) is 60.4 Å². The van der Waals surface area contributed by atoms with Gasteiger partial charge in [0.1, 0.15) is 11.9 Å². The van der Waals surface area contributed by atoms with Crippen molar-refractivity contribution in [2.75, 3.05) is 31.6 Å². The summed E-state index contributed by atoms with van der Waals surface area (Å²) in [4.78, 5) is 29.1. The number of anilines is 1. The zero-order chi connectivity index (χ0) is 21.8. The van der Waals surface area contributed by atoms with Crippen molar-refractivity contribution in [3.63, 3.8) is 0 Å². The van der Waals surface area contributed by atoms with Gasteiger partial charge in [0, 0.05) is 30.3 Å². The Bertz CT molecular complexity index is 940. The number of fused-ring (bicyclic) bond motifs is 1. The van der Waals surface area contributed by atoms with Crippen LogP contribution in [0.15, 0.2) is 48.5 Å². The van der Waals surface area contributed by atoms with Gasteiger partial charge in [-0.2, -0.15) is 0 Å². The maximum Gasteiger partial charge on any atom is 0.409 e. The van der Waals surface area contributed by atoms with Gasteiger partial charge in [0.15, 0.2) is 0 Å². The van der Waals surface area contributed by atoms with Crippen LogP contribution in [0.4, 0.5) is 10.5 Å². The van der Waals surface area contributed by atoms with Gasteiger partial charge in [-0.1, -0.05) is 30.3 Å². The Morgan fingerprint density at radius 1 is 1.03 bits per heavy atom. The number of ether oxygens (including phenoxy) is 2. The van der Waals surface area contributed by atoms with Crippen LogP contribution < -0.4 is 10.1 Å². The molecule has 2 aliphatic rings. The number of benzene rings is 2. The van der Waals surface area contributed by atoms with Gasteiger partial charge in [0.25, 0.3) is 5.91 Å². The molecule has 0 aliphatic carbocycles. The first-order valence-corrected chi connectivity index (χ1v) is 11.0. The minimum Gasteiger partial charge on any atom is -0.492 e. The Balaban J connectivity index is 1.58. The highest BCUT2D eigenvalue weighted by atomic mass is 16.6. The molecule has 1 fully saturated rings. The van der Waals surface area contributed by atoms with Crippen molar-refractivity contribution >= 4 is 17.7 Å². The fourth-order valence-electron chi connectivity index (χ4n) is 4.42. The summed E-state index contributed by atoms with van der Waals surface area (Å²) in [6.07, 6.45) is 0.856. The maximum atomic E-state index is 13.4. The molecule has 2 amide bonds. The Morgan fingerprint density at radius 3 is 2.48 bits per heavy atom. The predicted molar refractivity (Wildman–Crippen MR) is 118 cm³/mol. The lowest BCUT2D eigenvalue weighted by molar-refractivity contribution is 0.0496. The molecule has 0 spiro atoms. The minimum atomic E-state index is -0.288. The molecule has 1 atom stereocenters. The average Bonchev–Trinajstić information content (AvgIpc) is 3.07. The molecule has 0 saturated carbocycles. The van der Waals surface area contributed by atoms with E-state index >= 15 is 0 Å². The third-order valence-corrected chi connectivity index (χ3v) is 5.86. The maximum absolute atomic E-state index is 13.4. The number of rotatable bonds is 6. The van der Waals surface area contributed by atoms with Gasteiger partial charge in [0.2, 0.25) is 0 Å². The lowest BCUT2D eigenvalue weighted by atomic mass is 10.0. The van der Waals surface area contributed by atoms with Gasteiger partial charge in [-0.3, -0.25) is 4.79 Å². The molecule has 7 heteroatoms. The molecule has 0 radical (unpaired) electrons. The van der Waals surface area contributed by atoms with E-state index in [1.165, 1.54) is 0 Å². The quantitative estimate of drug-likeness (QED) is 0.751. The van der Waals surface area contributed by atoms with Gasteiger partial charge in [-0.15, -0.1) is 0 Å². The summed E-state index contributed by atoms with van der Waals surface area (Å²) in [6.45, 7) is 5.84. The SMILES string of the molecule is CCOC(=O)N1CCC(N2C(=O)c3ccccc3[C@H]2Nc2ccccc2OCC)CC1. The standard InChI is InChI=1S/C24H29N3O4/c1-3-30-21-12-8-7-11-20(21)25-22-18-9-5-6-10-19(18)23(28)27(22)17-13-15-26(16-14-17)24(29)31-4-2/h5-12,17,22,25H,3-4,13-16H2,1-2H3/t22-/m0/s1. The van der Waals surface area contributed by atoms with E-state index in [1.54, 1.807) is 11.8 Å². The van der Waals surface area contributed by atoms with Crippen molar-refractivity contribution in [3.8, 4) is 5.75 Å². The number of nitrogens with one attached hydrogen (secondary N) is 1. The van der Waals surface area contributed by atoms with Crippen molar-refractivity contribution < 1.29 is 19.1 Å². The third kappa shape index (κ3) is 4.17. The first-order valence-electron chi connectivity index (χ1n) is 11.0. The topological polar surface area (TPSA) is 71.1 Å². The molecule has 0 aromatic heterocycles. The van der Waals surface area contributed by atoms with Crippen LogP contribution in [0.25, 0.3) is 0 Å². The molecule has 0 unspecified atom stereocenters. The van der Waals surface area contributed by atoms with E-state index in [4.69, 9.17) is 9.47 Å². The molecule has 164 valence electrons. The first kappa shape index (κ1) is 21.0. The minimum absolute atomic E-state index is 0.0246. The highest BCUT2D eigenvalue weighted by Gasteiger charge is 2.42. The summed E-state index contributed by atoms with van der Waals surface area (Å²) < 4.78 is 10.9. The highest BCUT2D eigenvalue weighted by Crippen LogP contribution is 2.39. The summed E-state index contributed by atoms with van der Waals surface area (Å²) in [7, 11) is 0. The fourth-order valence-corrected chi connectivity index (χ4v) is 4.42. The molecule has 2 heterocycles. The Kier molecular flexibility index (Phi) is 6.30. The Hall–Kier alpha value is -3.22. The molecule has 0 bridgehead atoms. The van der Waals surface area contributed by atoms with Crippen molar-refractivity contribution in [2.24, 2.45) is 0 Å². The summed E-state index contributed by atoms with van der Waals surface area (Å²) in [6, 6.07) is 15.6. The average molecular weight is 424 g/mol. The number of amides is 2. The van der Waals surface area contributed by atoms with Crippen LogP contribution in [0.1, 0.15) is 48.8 Å². The van der Waals surface area contributed by atoms with E-state index in [-0.39, 0.29) is 24.2 Å². The highest BCUT2D eigenvalue weighted by molar-refractivity contribution is 5.99. The van der Waals surface area contributed by atoms with E-state index in [9.17, 15) is 9.59 Å². The van der Waals surface area contributed by atoms with E-state index in [0.717, 1.165) is 22.6 Å². The Labute approximate surface area is 182 Å². The zero-order valence-electron chi connectivity index (χ0n) is 18.0. The predicted octanol–water partition coefficient (Wildman–Crippen LogP) is 4.27. The normalized spacial score (nSPS) is 18.6. The van der Waals surface area contributed by atoms with Gasteiger partial charge < -0.3 is 24.6 Å². The lowest BCUT2D eigenvalue weighted by Crippen LogP contribution is -2.49. The second-order valence-corrected chi connectivity index (χ2v) is 7.69. The molecular formula is C24H29N3O4. The van der Waals surface area contributed by atoms with Gasteiger partial charge in [-0.25, -0.2) is 4.79 Å². The largest absolute Gasteiger partial charge is 0.492 e. The molecule has 1 saturated heterocycles. The van der Waals surface area contributed by atoms with Gasteiger partial charge in [-0.05, 0) is 44.9 Å². The number of nitrogens with zero attached hydrogens (tertiary/aromatic N) is 2. The number of carbonyl (C=O) groups is 2. The van der Waals surface area contributed by atoms with Gasteiger partial charge >= 0.3 is 6.09 Å². The smallest absolute Gasteiger partial charge is 0.409 e.